The molecular weight excluding hydrogens is 308 g/mol. The molecule has 0 N–H and O–H groups in total. The number of benzene rings is 1. The van der Waals surface area contributed by atoms with Crippen LogP contribution in [0.5, 0.6) is 0 Å². The second-order valence-electron chi connectivity index (χ2n) is 6.19. The van der Waals surface area contributed by atoms with Gasteiger partial charge in [-0.3, -0.25) is 14.4 Å². The molecule has 1 aliphatic rings. The van der Waals surface area contributed by atoms with Gasteiger partial charge in [0.05, 0.1) is 19.4 Å². The first-order valence-electron chi connectivity index (χ1n) is 8.13. The van der Waals surface area contributed by atoms with Crippen molar-refractivity contribution in [3.63, 3.8) is 0 Å². The van der Waals surface area contributed by atoms with Gasteiger partial charge in [0.1, 0.15) is 0 Å². The molecule has 6 heteroatoms. The van der Waals surface area contributed by atoms with Gasteiger partial charge in [0, 0.05) is 32.2 Å². The van der Waals surface area contributed by atoms with E-state index in [1.54, 1.807) is 23.8 Å². The molecule has 130 valence electrons. The van der Waals surface area contributed by atoms with Crippen LogP contribution in [0.3, 0.4) is 0 Å². The van der Waals surface area contributed by atoms with Gasteiger partial charge in [-0.2, -0.15) is 0 Å². The zero-order valence-corrected chi connectivity index (χ0v) is 14.4. The van der Waals surface area contributed by atoms with Gasteiger partial charge in [0.2, 0.25) is 11.8 Å². The van der Waals surface area contributed by atoms with E-state index in [0.29, 0.717) is 13.0 Å². The summed E-state index contributed by atoms with van der Waals surface area (Å²) in [6, 6.07) is 7.50. The summed E-state index contributed by atoms with van der Waals surface area (Å²) < 4.78 is 4.67. The number of anilines is 1. The van der Waals surface area contributed by atoms with E-state index in [0.717, 1.165) is 24.2 Å². The normalized spacial score (nSPS) is 15.3. The lowest BCUT2D eigenvalue weighted by molar-refractivity contribution is -0.146. The number of likely N-dealkylation sites (N-methyl/N-ethyl adjacent to an activating group) is 1. The van der Waals surface area contributed by atoms with Gasteiger partial charge in [-0.25, -0.2) is 0 Å². The van der Waals surface area contributed by atoms with Crippen LogP contribution in [0, 0.1) is 5.92 Å². The predicted molar refractivity (Wildman–Crippen MR) is 90.6 cm³/mol. The number of rotatable bonds is 6. The van der Waals surface area contributed by atoms with Gasteiger partial charge in [-0.15, -0.1) is 0 Å². The standard InChI is InChI=1S/C18H24N2O4/c1-13(18(23)24-3)12-19(2)17(22)11-14-6-8-15(9-7-14)20-10-4-5-16(20)21/h6-9,13H,4-5,10-12H2,1-3H3. The van der Waals surface area contributed by atoms with Crippen LogP contribution >= 0.6 is 0 Å². The molecule has 1 aliphatic heterocycles. The predicted octanol–water partition coefficient (Wildman–Crippen LogP) is 1.62. The molecule has 24 heavy (non-hydrogen) atoms. The summed E-state index contributed by atoms with van der Waals surface area (Å²) in [6.07, 6.45) is 1.75. The molecule has 1 unspecified atom stereocenters. The van der Waals surface area contributed by atoms with Crippen LogP contribution in [0.4, 0.5) is 5.69 Å². The van der Waals surface area contributed by atoms with Gasteiger partial charge in [0.25, 0.3) is 0 Å². The van der Waals surface area contributed by atoms with Crippen LogP contribution in [0.2, 0.25) is 0 Å². The van der Waals surface area contributed by atoms with Crippen LogP contribution in [0.25, 0.3) is 0 Å². The lowest BCUT2D eigenvalue weighted by Gasteiger charge is -2.20. The van der Waals surface area contributed by atoms with Gasteiger partial charge < -0.3 is 14.5 Å². The average molecular weight is 332 g/mol. The minimum absolute atomic E-state index is 0.0595. The number of amides is 2. The quantitative estimate of drug-likeness (QED) is 0.743. The van der Waals surface area contributed by atoms with E-state index in [4.69, 9.17) is 0 Å². The second kappa shape index (κ2) is 7.95. The summed E-state index contributed by atoms with van der Waals surface area (Å²) in [5.41, 5.74) is 1.76. The van der Waals surface area contributed by atoms with Crippen LogP contribution in [0.1, 0.15) is 25.3 Å². The van der Waals surface area contributed by atoms with Crippen LogP contribution < -0.4 is 4.90 Å². The Morgan fingerprint density at radius 2 is 1.96 bits per heavy atom. The minimum Gasteiger partial charge on any atom is -0.469 e. The fraction of sp³-hybridized carbons (Fsp3) is 0.500. The molecule has 1 fully saturated rings. The average Bonchev–Trinajstić information content (AvgIpc) is 3.00. The highest BCUT2D eigenvalue weighted by atomic mass is 16.5. The first kappa shape index (κ1) is 18.0. The number of nitrogens with zero attached hydrogens (tertiary/aromatic N) is 2. The van der Waals surface area contributed by atoms with Crippen molar-refractivity contribution in [2.75, 3.05) is 32.1 Å². The minimum atomic E-state index is -0.354. The number of methoxy groups -OCH3 is 1. The Balaban J connectivity index is 1.91. The molecular formula is C18H24N2O4. The monoisotopic (exact) mass is 332 g/mol. The Labute approximate surface area is 142 Å². The maximum Gasteiger partial charge on any atom is 0.310 e. The summed E-state index contributed by atoms with van der Waals surface area (Å²) >= 11 is 0. The highest BCUT2D eigenvalue weighted by molar-refractivity contribution is 5.95. The number of ether oxygens (including phenoxy) is 1. The van der Waals surface area contributed by atoms with Gasteiger partial charge in [0.15, 0.2) is 0 Å². The molecule has 0 radical (unpaired) electrons. The number of carbonyl (C=O) groups excluding carboxylic acids is 3. The molecule has 2 rings (SSSR count). The lowest BCUT2D eigenvalue weighted by Crippen LogP contribution is -2.35. The topological polar surface area (TPSA) is 66.9 Å². The van der Waals surface area contributed by atoms with Crippen molar-refractivity contribution in [3.8, 4) is 0 Å². The summed E-state index contributed by atoms with van der Waals surface area (Å²) in [6.45, 7) is 2.81. The van der Waals surface area contributed by atoms with Crippen molar-refractivity contribution in [3.05, 3.63) is 29.8 Å². The largest absolute Gasteiger partial charge is 0.469 e. The zero-order valence-electron chi connectivity index (χ0n) is 14.4. The second-order valence-corrected chi connectivity index (χ2v) is 6.19. The fourth-order valence-electron chi connectivity index (χ4n) is 2.81. The lowest BCUT2D eigenvalue weighted by atomic mass is 10.1. The Hall–Kier alpha value is -2.37. The van der Waals surface area contributed by atoms with Crippen molar-refractivity contribution in [2.45, 2.75) is 26.2 Å². The van der Waals surface area contributed by atoms with Gasteiger partial charge in [-0.1, -0.05) is 19.1 Å². The highest BCUT2D eigenvalue weighted by Crippen LogP contribution is 2.21. The Morgan fingerprint density at radius 1 is 1.29 bits per heavy atom. The van der Waals surface area contributed by atoms with Crippen molar-refractivity contribution in [1.82, 2.24) is 4.90 Å². The summed E-state index contributed by atoms with van der Waals surface area (Å²) in [7, 11) is 3.02. The van der Waals surface area contributed by atoms with Crippen LogP contribution in [-0.2, 0) is 25.5 Å². The van der Waals surface area contributed by atoms with Gasteiger partial charge in [-0.05, 0) is 24.1 Å². The summed E-state index contributed by atoms with van der Waals surface area (Å²) in [4.78, 5) is 38.7. The SMILES string of the molecule is COC(=O)C(C)CN(C)C(=O)Cc1ccc(N2CCCC2=O)cc1. The van der Waals surface area contributed by atoms with E-state index in [9.17, 15) is 14.4 Å². The zero-order chi connectivity index (χ0) is 17.7. The number of hydrogen-bond acceptors (Lipinski definition) is 4. The van der Waals surface area contributed by atoms with Gasteiger partial charge >= 0.3 is 5.97 Å². The van der Waals surface area contributed by atoms with Crippen molar-refractivity contribution in [1.29, 1.82) is 0 Å². The Bertz CT molecular complexity index is 612. The molecule has 1 heterocycles. The maximum absolute atomic E-state index is 12.3. The van der Waals surface area contributed by atoms with Crippen LogP contribution in [-0.4, -0.2) is 49.9 Å². The molecule has 1 atom stereocenters. The smallest absolute Gasteiger partial charge is 0.310 e. The molecule has 6 nitrogen and oxygen atoms in total. The van der Waals surface area contributed by atoms with E-state index in [2.05, 4.69) is 4.74 Å². The molecule has 0 bridgehead atoms. The maximum atomic E-state index is 12.3. The van der Waals surface area contributed by atoms with E-state index in [-0.39, 0.29) is 30.1 Å². The highest BCUT2D eigenvalue weighted by Gasteiger charge is 2.22. The van der Waals surface area contributed by atoms with E-state index >= 15 is 0 Å². The molecule has 0 saturated carbocycles. The van der Waals surface area contributed by atoms with Crippen molar-refractivity contribution >= 4 is 23.5 Å². The number of hydrogen-bond donors (Lipinski definition) is 0. The molecule has 0 aliphatic carbocycles. The molecule has 0 spiro atoms. The van der Waals surface area contributed by atoms with Crippen molar-refractivity contribution in [2.24, 2.45) is 5.92 Å². The Morgan fingerprint density at radius 3 is 2.50 bits per heavy atom. The summed E-state index contributed by atoms with van der Waals surface area (Å²) in [5.74, 6) is -0.590. The fourth-order valence-corrected chi connectivity index (χ4v) is 2.81. The molecule has 2 amide bonds. The molecule has 0 aromatic heterocycles. The Kier molecular flexibility index (Phi) is 5.95. The van der Waals surface area contributed by atoms with E-state index in [1.165, 1.54) is 7.11 Å². The third-order valence-corrected chi connectivity index (χ3v) is 4.25. The number of esters is 1. The molecule has 1 saturated heterocycles. The third-order valence-electron chi connectivity index (χ3n) is 4.25. The molecule has 1 aromatic carbocycles. The van der Waals surface area contributed by atoms with E-state index in [1.807, 2.05) is 24.3 Å². The van der Waals surface area contributed by atoms with Crippen molar-refractivity contribution < 1.29 is 19.1 Å². The summed E-state index contributed by atoms with van der Waals surface area (Å²) in [5, 5.41) is 0. The number of carbonyl (C=O) groups is 3. The first-order valence-corrected chi connectivity index (χ1v) is 8.13. The third kappa shape index (κ3) is 4.34. The van der Waals surface area contributed by atoms with E-state index < -0.39 is 0 Å². The van der Waals surface area contributed by atoms with Crippen LogP contribution in [0.15, 0.2) is 24.3 Å². The molecule has 1 aromatic rings. The first-order chi connectivity index (χ1) is 11.4.